The van der Waals surface area contributed by atoms with Gasteiger partial charge in [-0.25, -0.2) is 8.78 Å². The lowest BCUT2D eigenvalue weighted by Gasteiger charge is -2.11. The predicted octanol–water partition coefficient (Wildman–Crippen LogP) is 3.66. The number of aldehydes is 1. The fourth-order valence-corrected chi connectivity index (χ4v) is 1.71. The molecule has 2 aromatic rings. The average Bonchev–Trinajstić information content (AvgIpc) is 2.44. The molecule has 0 radical (unpaired) electrons. The summed E-state index contributed by atoms with van der Waals surface area (Å²) < 4.78 is 32.8. The number of carbonyl (C=O) groups is 1. The molecule has 0 saturated heterocycles. The molecule has 4 heteroatoms. The average molecular weight is 262 g/mol. The van der Waals surface area contributed by atoms with E-state index in [-0.39, 0.29) is 17.7 Å². The summed E-state index contributed by atoms with van der Waals surface area (Å²) in [6.45, 7) is 1.49. The lowest BCUT2D eigenvalue weighted by atomic mass is 10.1. The van der Waals surface area contributed by atoms with Crippen LogP contribution in [0.4, 0.5) is 8.78 Å². The summed E-state index contributed by atoms with van der Waals surface area (Å²) in [5.41, 5.74) is 0.754. The maximum absolute atomic E-state index is 13.8. The van der Waals surface area contributed by atoms with Crippen LogP contribution in [0.3, 0.4) is 0 Å². The minimum Gasteiger partial charge on any atom is -0.483 e. The van der Waals surface area contributed by atoms with Crippen LogP contribution < -0.4 is 4.74 Å². The molecule has 0 atom stereocenters. The molecule has 0 amide bonds. The predicted molar refractivity (Wildman–Crippen MR) is 67.3 cm³/mol. The Hall–Kier alpha value is -2.23. The molecule has 2 rings (SSSR count). The van der Waals surface area contributed by atoms with E-state index >= 15 is 0 Å². The molecule has 0 aliphatic rings. The highest BCUT2D eigenvalue weighted by Crippen LogP contribution is 2.27. The molecule has 0 aromatic heterocycles. The van der Waals surface area contributed by atoms with Gasteiger partial charge in [-0.05, 0) is 24.1 Å². The van der Waals surface area contributed by atoms with Crippen LogP contribution in [-0.4, -0.2) is 6.29 Å². The second-order valence-electron chi connectivity index (χ2n) is 4.13. The van der Waals surface area contributed by atoms with Gasteiger partial charge in [0.25, 0.3) is 0 Å². The summed E-state index contributed by atoms with van der Waals surface area (Å²) in [7, 11) is 0. The van der Waals surface area contributed by atoms with Crippen molar-refractivity contribution < 1.29 is 18.3 Å². The van der Waals surface area contributed by atoms with Crippen molar-refractivity contribution in [1.29, 1.82) is 0 Å². The van der Waals surface area contributed by atoms with Crippen LogP contribution in [0.15, 0.2) is 36.4 Å². The van der Waals surface area contributed by atoms with Crippen molar-refractivity contribution in [2.45, 2.75) is 13.5 Å². The van der Waals surface area contributed by atoms with E-state index in [0.29, 0.717) is 6.29 Å². The molecule has 0 bridgehead atoms. The van der Waals surface area contributed by atoms with Crippen LogP contribution in [0.1, 0.15) is 21.5 Å². The largest absolute Gasteiger partial charge is 0.483 e. The molecule has 0 fully saturated rings. The summed E-state index contributed by atoms with van der Waals surface area (Å²) in [6.07, 6.45) is 0.344. The molecular weight excluding hydrogens is 250 g/mol. The van der Waals surface area contributed by atoms with E-state index in [0.717, 1.165) is 11.6 Å². The van der Waals surface area contributed by atoms with Crippen LogP contribution in [0.2, 0.25) is 0 Å². The second kappa shape index (κ2) is 5.61. The normalized spacial score (nSPS) is 10.3. The zero-order chi connectivity index (χ0) is 13.8. The summed E-state index contributed by atoms with van der Waals surface area (Å²) >= 11 is 0. The first-order valence-corrected chi connectivity index (χ1v) is 5.74. The number of hydrogen-bond donors (Lipinski definition) is 0. The monoisotopic (exact) mass is 262 g/mol. The van der Waals surface area contributed by atoms with Gasteiger partial charge in [0.2, 0.25) is 0 Å². The zero-order valence-corrected chi connectivity index (χ0v) is 10.3. The van der Waals surface area contributed by atoms with Crippen LogP contribution in [0.25, 0.3) is 0 Å². The van der Waals surface area contributed by atoms with Crippen molar-refractivity contribution in [1.82, 2.24) is 0 Å². The Balaban J connectivity index is 2.29. The molecule has 2 aromatic carbocycles. The van der Waals surface area contributed by atoms with Crippen molar-refractivity contribution in [2.75, 3.05) is 0 Å². The van der Waals surface area contributed by atoms with Crippen molar-refractivity contribution in [3.63, 3.8) is 0 Å². The van der Waals surface area contributed by atoms with E-state index in [1.165, 1.54) is 6.92 Å². The number of ether oxygens (including phenoxy) is 1. The smallest absolute Gasteiger partial charge is 0.192 e. The topological polar surface area (TPSA) is 26.3 Å². The fraction of sp³-hybridized carbons (Fsp3) is 0.133. The molecule has 0 N–H and O–H groups in total. The number of carbonyl (C=O) groups excluding carboxylic acids is 1. The summed E-state index contributed by atoms with van der Waals surface area (Å²) in [6, 6.07) is 10.2. The van der Waals surface area contributed by atoms with E-state index in [1.807, 2.05) is 6.07 Å². The lowest BCUT2D eigenvalue weighted by molar-refractivity contribution is 0.111. The van der Waals surface area contributed by atoms with Crippen LogP contribution >= 0.6 is 0 Å². The molecule has 19 heavy (non-hydrogen) atoms. The van der Waals surface area contributed by atoms with E-state index in [1.54, 1.807) is 24.3 Å². The van der Waals surface area contributed by atoms with Crippen LogP contribution in [-0.2, 0) is 6.61 Å². The van der Waals surface area contributed by atoms with Crippen LogP contribution in [0.5, 0.6) is 5.75 Å². The Morgan fingerprint density at radius 3 is 2.47 bits per heavy atom. The quantitative estimate of drug-likeness (QED) is 0.786. The van der Waals surface area contributed by atoms with Crippen LogP contribution in [0, 0.1) is 18.6 Å². The van der Waals surface area contributed by atoms with Gasteiger partial charge in [-0.2, -0.15) is 0 Å². The van der Waals surface area contributed by atoms with E-state index in [4.69, 9.17) is 4.74 Å². The Labute approximate surface area is 109 Å². The van der Waals surface area contributed by atoms with E-state index in [9.17, 15) is 13.6 Å². The molecule has 0 heterocycles. The van der Waals surface area contributed by atoms with Gasteiger partial charge in [0.15, 0.2) is 23.7 Å². The third kappa shape index (κ3) is 2.78. The number of rotatable bonds is 4. The molecule has 0 aliphatic heterocycles. The summed E-state index contributed by atoms with van der Waals surface area (Å²) in [4.78, 5) is 10.7. The van der Waals surface area contributed by atoms with Gasteiger partial charge in [-0.15, -0.1) is 0 Å². The van der Waals surface area contributed by atoms with E-state index < -0.39 is 17.4 Å². The summed E-state index contributed by atoms with van der Waals surface area (Å²) in [5.74, 6) is -2.25. The standard InChI is InChI=1S/C15H12F2O2/c1-10-7-12(8-18)14(17)15(13(10)16)19-9-11-5-3-2-4-6-11/h2-8H,9H2,1H3. The van der Waals surface area contributed by atoms with Crippen molar-refractivity contribution in [3.8, 4) is 5.75 Å². The number of benzene rings is 2. The molecule has 0 aliphatic carbocycles. The van der Waals surface area contributed by atoms with Gasteiger partial charge >= 0.3 is 0 Å². The van der Waals surface area contributed by atoms with Crippen molar-refractivity contribution >= 4 is 6.29 Å². The molecule has 0 spiro atoms. The fourth-order valence-electron chi connectivity index (χ4n) is 1.71. The maximum Gasteiger partial charge on any atom is 0.192 e. The van der Waals surface area contributed by atoms with Crippen molar-refractivity contribution in [3.05, 3.63) is 64.7 Å². The lowest BCUT2D eigenvalue weighted by Crippen LogP contribution is -2.04. The molecule has 2 nitrogen and oxygen atoms in total. The highest BCUT2D eigenvalue weighted by atomic mass is 19.1. The van der Waals surface area contributed by atoms with E-state index in [2.05, 4.69) is 0 Å². The first-order chi connectivity index (χ1) is 9.13. The molecule has 0 saturated carbocycles. The first kappa shape index (κ1) is 13.2. The highest BCUT2D eigenvalue weighted by molar-refractivity contribution is 5.76. The zero-order valence-electron chi connectivity index (χ0n) is 10.3. The Morgan fingerprint density at radius 2 is 1.84 bits per heavy atom. The summed E-state index contributed by atoms with van der Waals surface area (Å²) in [5, 5.41) is 0. The van der Waals surface area contributed by atoms with Gasteiger partial charge in [0.05, 0.1) is 5.56 Å². The number of hydrogen-bond acceptors (Lipinski definition) is 2. The Morgan fingerprint density at radius 1 is 1.16 bits per heavy atom. The minimum absolute atomic E-state index is 0.0381. The van der Waals surface area contributed by atoms with Gasteiger partial charge in [-0.1, -0.05) is 30.3 Å². The van der Waals surface area contributed by atoms with Crippen molar-refractivity contribution in [2.24, 2.45) is 0 Å². The minimum atomic E-state index is -0.964. The molecule has 0 unspecified atom stereocenters. The molecular formula is C15H12F2O2. The van der Waals surface area contributed by atoms with Gasteiger partial charge < -0.3 is 4.74 Å². The van der Waals surface area contributed by atoms with Gasteiger partial charge in [-0.3, -0.25) is 4.79 Å². The maximum atomic E-state index is 13.8. The van der Waals surface area contributed by atoms with Gasteiger partial charge in [0, 0.05) is 0 Å². The molecule has 98 valence electrons. The Bertz CT molecular complexity index is 595. The third-order valence-electron chi connectivity index (χ3n) is 2.72. The third-order valence-corrected chi connectivity index (χ3v) is 2.72. The number of halogens is 2. The highest BCUT2D eigenvalue weighted by Gasteiger charge is 2.17. The van der Waals surface area contributed by atoms with Gasteiger partial charge in [0.1, 0.15) is 6.61 Å². The number of aryl methyl sites for hydroxylation is 1. The Kier molecular flexibility index (Phi) is 3.90. The second-order valence-corrected chi connectivity index (χ2v) is 4.13. The first-order valence-electron chi connectivity index (χ1n) is 5.74. The SMILES string of the molecule is Cc1cc(C=O)c(F)c(OCc2ccccc2)c1F.